The Labute approximate surface area is 153 Å². The minimum atomic E-state index is -0.0980. The quantitative estimate of drug-likeness (QED) is 0.772. The van der Waals surface area contributed by atoms with Crippen molar-refractivity contribution in [3.63, 3.8) is 0 Å². The fraction of sp³-hybridized carbons (Fsp3) is 0.333. The van der Waals surface area contributed by atoms with E-state index in [-0.39, 0.29) is 17.6 Å². The van der Waals surface area contributed by atoms with Gasteiger partial charge in [0.15, 0.2) is 5.78 Å². The third-order valence-electron chi connectivity index (χ3n) is 4.89. The van der Waals surface area contributed by atoms with E-state index in [2.05, 4.69) is 0 Å². The highest BCUT2D eigenvalue weighted by molar-refractivity contribution is 6.07. The van der Waals surface area contributed by atoms with Gasteiger partial charge in [-0.2, -0.15) is 0 Å². The van der Waals surface area contributed by atoms with E-state index in [1.54, 1.807) is 38.5 Å². The minimum absolute atomic E-state index is 0.0971. The largest absolute Gasteiger partial charge is 0.497 e. The lowest BCUT2D eigenvalue weighted by Crippen LogP contribution is -2.29. The first-order valence-electron chi connectivity index (χ1n) is 8.66. The standard InChI is InChI=1S/C21H23NO4/c1-14(23)17-6-4-5-7-18(17)21(24)22-11-10-15(13-22)19-12-16(25-2)8-9-20(19)26-3/h4-9,12,15H,10-11,13H2,1-3H3/t15-/m0/s1. The smallest absolute Gasteiger partial charge is 0.254 e. The van der Waals surface area contributed by atoms with Gasteiger partial charge in [-0.05, 0) is 37.6 Å². The second-order valence-corrected chi connectivity index (χ2v) is 6.45. The molecule has 0 aromatic heterocycles. The molecule has 136 valence electrons. The highest BCUT2D eigenvalue weighted by Gasteiger charge is 2.31. The van der Waals surface area contributed by atoms with Crippen LogP contribution in [0, 0.1) is 0 Å². The molecular formula is C21H23NO4. The molecule has 1 aliphatic heterocycles. The highest BCUT2D eigenvalue weighted by Crippen LogP contribution is 2.36. The number of ketones is 1. The van der Waals surface area contributed by atoms with Gasteiger partial charge in [0, 0.05) is 30.1 Å². The lowest BCUT2D eigenvalue weighted by molar-refractivity contribution is 0.0785. The first kappa shape index (κ1) is 18.0. The second-order valence-electron chi connectivity index (χ2n) is 6.45. The molecule has 0 bridgehead atoms. The number of carbonyl (C=O) groups is 2. The zero-order valence-corrected chi connectivity index (χ0v) is 15.3. The SMILES string of the molecule is COc1ccc(OC)c([C@H]2CCN(C(=O)c3ccccc3C(C)=O)C2)c1. The van der Waals surface area contributed by atoms with Crippen molar-refractivity contribution in [1.82, 2.24) is 4.90 Å². The van der Waals surface area contributed by atoms with Crippen LogP contribution in [0.1, 0.15) is 45.5 Å². The molecule has 0 radical (unpaired) electrons. The Kier molecular flexibility index (Phi) is 5.26. The summed E-state index contributed by atoms with van der Waals surface area (Å²) >= 11 is 0. The van der Waals surface area contributed by atoms with Gasteiger partial charge in [0.25, 0.3) is 5.91 Å². The lowest BCUT2D eigenvalue weighted by atomic mass is 9.97. The molecule has 1 fully saturated rings. The Bertz CT molecular complexity index is 831. The summed E-state index contributed by atoms with van der Waals surface area (Å²) in [6.07, 6.45) is 0.845. The van der Waals surface area contributed by atoms with Crippen LogP contribution >= 0.6 is 0 Å². The number of amides is 1. The first-order chi connectivity index (χ1) is 12.5. The average Bonchev–Trinajstić information content (AvgIpc) is 3.16. The number of Topliss-reactive ketones (excluding diaryl/α,β-unsaturated/α-hetero) is 1. The number of rotatable bonds is 5. The third kappa shape index (κ3) is 3.43. The maximum Gasteiger partial charge on any atom is 0.254 e. The summed E-state index contributed by atoms with van der Waals surface area (Å²) in [6, 6.07) is 12.7. The number of carbonyl (C=O) groups excluding carboxylic acids is 2. The predicted octanol–water partition coefficient (Wildman–Crippen LogP) is 3.54. The molecule has 1 aliphatic rings. The third-order valence-corrected chi connectivity index (χ3v) is 4.89. The van der Waals surface area contributed by atoms with Crippen LogP contribution in [-0.4, -0.2) is 43.9 Å². The van der Waals surface area contributed by atoms with Crippen LogP contribution in [0.25, 0.3) is 0 Å². The number of benzene rings is 2. The van der Waals surface area contributed by atoms with Gasteiger partial charge in [0.2, 0.25) is 0 Å². The van der Waals surface area contributed by atoms with E-state index in [0.717, 1.165) is 23.5 Å². The van der Waals surface area contributed by atoms with Crippen molar-refractivity contribution >= 4 is 11.7 Å². The average molecular weight is 353 g/mol. The van der Waals surface area contributed by atoms with Crippen molar-refractivity contribution in [3.8, 4) is 11.5 Å². The molecule has 0 unspecified atom stereocenters. The van der Waals surface area contributed by atoms with Crippen molar-refractivity contribution in [2.45, 2.75) is 19.3 Å². The summed E-state index contributed by atoms with van der Waals surface area (Å²) in [4.78, 5) is 26.6. The molecule has 1 saturated heterocycles. The van der Waals surface area contributed by atoms with Gasteiger partial charge in [-0.15, -0.1) is 0 Å². The van der Waals surface area contributed by atoms with Gasteiger partial charge < -0.3 is 14.4 Å². The van der Waals surface area contributed by atoms with Crippen molar-refractivity contribution in [2.75, 3.05) is 27.3 Å². The molecule has 5 nitrogen and oxygen atoms in total. The molecule has 1 atom stereocenters. The van der Waals surface area contributed by atoms with Gasteiger partial charge in [0.1, 0.15) is 11.5 Å². The summed E-state index contributed by atoms with van der Waals surface area (Å²) in [5.74, 6) is 1.55. The topological polar surface area (TPSA) is 55.8 Å². The molecule has 1 amide bonds. The van der Waals surface area contributed by atoms with Crippen LogP contribution in [0.3, 0.4) is 0 Å². The Morgan fingerprint density at radius 1 is 1.04 bits per heavy atom. The molecule has 0 saturated carbocycles. The summed E-state index contributed by atoms with van der Waals surface area (Å²) < 4.78 is 10.8. The van der Waals surface area contributed by atoms with E-state index in [4.69, 9.17) is 9.47 Å². The van der Waals surface area contributed by atoms with E-state index in [1.165, 1.54) is 6.92 Å². The maximum absolute atomic E-state index is 12.9. The van der Waals surface area contributed by atoms with E-state index < -0.39 is 0 Å². The predicted molar refractivity (Wildman–Crippen MR) is 99.3 cm³/mol. The van der Waals surface area contributed by atoms with Crippen LogP contribution in [0.2, 0.25) is 0 Å². The van der Waals surface area contributed by atoms with E-state index in [0.29, 0.717) is 24.2 Å². The van der Waals surface area contributed by atoms with Crippen molar-refractivity contribution in [2.24, 2.45) is 0 Å². The fourth-order valence-corrected chi connectivity index (χ4v) is 3.50. The number of methoxy groups -OCH3 is 2. The van der Waals surface area contributed by atoms with Gasteiger partial charge in [-0.1, -0.05) is 18.2 Å². The zero-order chi connectivity index (χ0) is 18.7. The molecule has 0 aliphatic carbocycles. The molecule has 2 aromatic rings. The van der Waals surface area contributed by atoms with E-state index >= 15 is 0 Å². The summed E-state index contributed by atoms with van der Waals surface area (Å²) in [6.45, 7) is 2.73. The molecule has 1 heterocycles. The first-order valence-corrected chi connectivity index (χ1v) is 8.66. The van der Waals surface area contributed by atoms with Gasteiger partial charge in [0.05, 0.1) is 19.8 Å². The molecule has 0 N–H and O–H groups in total. The van der Waals surface area contributed by atoms with Crippen LogP contribution in [0.5, 0.6) is 11.5 Å². The molecular weight excluding hydrogens is 330 g/mol. The number of hydrogen-bond donors (Lipinski definition) is 0. The molecule has 5 heteroatoms. The number of likely N-dealkylation sites (tertiary alicyclic amines) is 1. The summed E-state index contributed by atoms with van der Waals surface area (Å²) in [7, 11) is 3.28. The summed E-state index contributed by atoms with van der Waals surface area (Å²) in [5.41, 5.74) is 1.99. The Hall–Kier alpha value is -2.82. The Balaban J connectivity index is 1.83. The number of ether oxygens (including phenoxy) is 2. The minimum Gasteiger partial charge on any atom is -0.497 e. The monoisotopic (exact) mass is 353 g/mol. The van der Waals surface area contributed by atoms with Gasteiger partial charge in [-0.3, -0.25) is 9.59 Å². The highest BCUT2D eigenvalue weighted by atomic mass is 16.5. The molecule has 26 heavy (non-hydrogen) atoms. The van der Waals surface area contributed by atoms with Gasteiger partial charge >= 0.3 is 0 Å². The normalized spacial score (nSPS) is 16.4. The Morgan fingerprint density at radius 3 is 2.42 bits per heavy atom. The maximum atomic E-state index is 12.9. The van der Waals surface area contributed by atoms with Crippen LogP contribution in [-0.2, 0) is 0 Å². The second kappa shape index (κ2) is 7.60. The fourth-order valence-electron chi connectivity index (χ4n) is 3.50. The zero-order valence-electron chi connectivity index (χ0n) is 15.3. The summed E-state index contributed by atoms with van der Waals surface area (Å²) in [5, 5.41) is 0. The van der Waals surface area contributed by atoms with Gasteiger partial charge in [-0.25, -0.2) is 0 Å². The van der Waals surface area contributed by atoms with E-state index in [9.17, 15) is 9.59 Å². The molecule has 3 rings (SSSR count). The van der Waals surface area contributed by atoms with Crippen molar-refractivity contribution < 1.29 is 19.1 Å². The van der Waals surface area contributed by atoms with Crippen molar-refractivity contribution in [3.05, 3.63) is 59.2 Å². The number of nitrogens with zero attached hydrogens (tertiary/aromatic N) is 1. The van der Waals surface area contributed by atoms with Crippen LogP contribution in [0.4, 0.5) is 0 Å². The Morgan fingerprint density at radius 2 is 1.77 bits per heavy atom. The number of hydrogen-bond acceptors (Lipinski definition) is 4. The van der Waals surface area contributed by atoms with E-state index in [1.807, 2.05) is 23.1 Å². The van der Waals surface area contributed by atoms with Crippen LogP contribution < -0.4 is 9.47 Å². The van der Waals surface area contributed by atoms with Crippen molar-refractivity contribution in [1.29, 1.82) is 0 Å². The molecule has 0 spiro atoms. The van der Waals surface area contributed by atoms with Crippen LogP contribution in [0.15, 0.2) is 42.5 Å². The molecule has 2 aromatic carbocycles. The lowest BCUT2D eigenvalue weighted by Gasteiger charge is -2.19.